The lowest BCUT2D eigenvalue weighted by Crippen LogP contribution is -2.37. The van der Waals surface area contributed by atoms with Gasteiger partial charge in [-0.2, -0.15) is 4.52 Å². The van der Waals surface area contributed by atoms with Crippen LogP contribution >= 0.6 is 0 Å². The van der Waals surface area contributed by atoms with Crippen molar-refractivity contribution in [2.75, 3.05) is 37.7 Å². The molecule has 1 aliphatic rings. The molecule has 28 heavy (non-hydrogen) atoms. The molecular weight excluding hydrogens is 380 g/mol. The van der Waals surface area contributed by atoms with Crippen LogP contribution in [-0.4, -0.2) is 61.1 Å². The average Bonchev–Trinajstić information content (AvgIpc) is 3.11. The van der Waals surface area contributed by atoms with Crippen molar-refractivity contribution in [2.24, 2.45) is 0 Å². The van der Waals surface area contributed by atoms with Crippen molar-refractivity contribution < 1.29 is 13.2 Å². The Balaban J connectivity index is 1.47. The summed E-state index contributed by atoms with van der Waals surface area (Å²) in [5.41, 5.74) is 1.53. The molecule has 0 radical (unpaired) electrons. The van der Waals surface area contributed by atoms with Crippen LogP contribution in [0.4, 0.5) is 5.82 Å². The molecular formula is C18H22N6O3S. The molecule has 0 bridgehead atoms. The van der Waals surface area contributed by atoms with Crippen molar-refractivity contribution in [3.05, 3.63) is 47.8 Å². The first kappa shape index (κ1) is 18.8. The topological polar surface area (TPSA) is 102 Å². The summed E-state index contributed by atoms with van der Waals surface area (Å²) in [6, 6.07) is 10.6. The Morgan fingerprint density at radius 2 is 1.96 bits per heavy atom. The van der Waals surface area contributed by atoms with E-state index in [9.17, 15) is 8.42 Å². The molecule has 1 N–H and O–H groups in total. The van der Waals surface area contributed by atoms with Gasteiger partial charge >= 0.3 is 0 Å². The monoisotopic (exact) mass is 402 g/mol. The maximum absolute atomic E-state index is 12.4. The van der Waals surface area contributed by atoms with Crippen LogP contribution < -0.4 is 9.62 Å². The quantitative estimate of drug-likeness (QED) is 0.650. The molecule has 1 aromatic carbocycles. The van der Waals surface area contributed by atoms with E-state index in [-0.39, 0.29) is 11.4 Å². The standard InChI is InChI=1S/C18H22N6O3S/c1-14-3-2-4-15(13-14)28(25,26)19-8-7-17-21-20-16-5-6-18(22-24(16)17)23-9-11-27-12-10-23/h2-6,13,19H,7-12H2,1H3. The van der Waals surface area contributed by atoms with Crippen LogP contribution in [-0.2, 0) is 21.2 Å². The number of aromatic nitrogens is 4. The summed E-state index contributed by atoms with van der Waals surface area (Å²) in [5, 5.41) is 12.9. The van der Waals surface area contributed by atoms with Gasteiger partial charge in [-0.25, -0.2) is 13.1 Å². The van der Waals surface area contributed by atoms with E-state index in [4.69, 9.17) is 4.74 Å². The third-order valence-electron chi connectivity index (χ3n) is 4.59. The zero-order valence-electron chi connectivity index (χ0n) is 15.6. The molecule has 9 nitrogen and oxygen atoms in total. The number of hydrogen-bond donors (Lipinski definition) is 1. The fraction of sp³-hybridized carbons (Fsp3) is 0.389. The summed E-state index contributed by atoms with van der Waals surface area (Å²) in [6.07, 6.45) is 0.381. The van der Waals surface area contributed by atoms with Gasteiger partial charge in [-0.05, 0) is 36.8 Å². The minimum Gasteiger partial charge on any atom is -0.378 e. The zero-order valence-corrected chi connectivity index (χ0v) is 16.4. The number of nitrogens with zero attached hydrogens (tertiary/aromatic N) is 5. The summed E-state index contributed by atoms with van der Waals surface area (Å²) in [6.45, 7) is 4.99. The van der Waals surface area contributed by atoms with E-state index in [1.54, 1.807) is 22.7 Å². The van der Waals surface area contributed by atoms with Gasteiger partial charge in [0.1, 0.15) is 5.82 Å². The molecule has 1 fully saturated rings. The van der Waals surface area contributed by atoms with E-state index >= 15 is 0 Å². The predicted molar refractivity (Wildman–Crippen MR) is 104 cm³/mol. The number of rotatable bonds is 6. The number of aryl methyl sites for hydroxylation is 1. The molecule has 2 aromatic heterocycles. The van der Waals surface area contributed by atoms with E-state index in [1.807, 2.05) is 25.1 Å². The largest absolute Gasteiger partial charge is 0.378 e. The summed E-state index contributed by atoms with van der Waals surface area (Å²) >= 11 is 0. The Labute approximate surface area is 163 Å². The third kappa shape index (κ3) is 3.98. The van der Waals surface area contributed by atoms with Crippen LogP contribution in [0.2, 0.25) is 0 Å². The second kappa shape index (κ2) is 7.82. The molecule has 1 aliphatic heterocycles. The number of benzene rings is 1. The van der Waals surface area contributed by atoms with Gasteiger partial charge in [-0.3, -0.25) is 0 Å². The van der Waals surface area contributed by atoms with Crippen molar-refractivity contribution in [3.63, 3.8) is 0 Å². The Bertz CT molecular complexity index is 1080. The van der Waals surface area contributed by atoms with Crippen LogP contribution in [0.1, 0.15) is 11.4 Å². The SMILES string of the molecule is Cc1cccc(S(=O)(=O)NCCc2nnc3ccc(N4CCOCC4)nn23)c1. The van der Waals surface area contributed by atoms with Crippen LogP contribution in [0.25, 0.3) is 5.65 Å². The van der Waals surface area contributed by atoms with Gasteiger partial charge in [0.2, 0.25) is 10.0 Å². The molecule has 148 valence electrons. The average molecular weight is 402 g/mol. The number of morpholine rings is 1. The molecule has 4 rings (SSSR count). The number of nitrogens with one attached hydrogen (secondary N) is 1. The lowest BCUT2D eigenvalue weighted by molar-refractivity contribution is 0.122. The highest BCUT2D eigenvalue weighted by atomic mass is 32.2. The van der Waals surface area contributed by atoms with E-state index in [0.29, 0.717) is 31.1 Å². The molecule has 10 heteroatoms. The van der Waals surface area contributed by atoms with Gasteiger partial charge in [0.25, 0.3) is 0 Å². The number of fused-ring (bicyclic) bond motifs is 1. The van der Waals surface area contributed by atoms with E-state index in [2.05, 4.69) is 24.9 Å². The summed E-state index contributed by atoms with van der Waals surface area (Å²) in [5.74, 6) is 1.44. The highest BCUT2D eigenvalue weighted by Gasteiger charge is 2.17. The maximum atomic E-state index is 12.4. The highest BCUT2D eigenvalue weighted by molar-refractivity contribution is 7.89. The zero-order chi connectivity index (χ0) is 19.6. The Hall–Kier alpha value is -2.56. The molecule has 1 saturated heterocycles. The smallest absolute Gasteiger partial charge is 0.240 e. The first-order valence-electron chi connectivity index (χ1n) is 9.13. The fourth-order valence-corrected chi connectivity index (χ4v) is 4.24. The molecule has 0 atom stereocenters. The van der Waals surface area contributed by atoms with Crippen molar-refractivity contribution in [2.45, 2.75) is 18.2 Å². The Morgan fingerprint density at radius 1 is 1.14 bits per heavy atom. The Kier molecular flexibility index (Phi) is 5.25. The van der Waals surface area contributed by atoms with E-state index < -0.39 is 10.0 Å². The van der Waals surface area contributed by atoms with Crippen molar-refractivity contribution in [3.8, 4) is 0 Å². The maximum Gasteiger partial charge on any atom is 0.240 e. The Morgan fingerprint density at radius 3 is 2.75 bits per heavy atom. The lowest BCUT2D eigenvalue weighted by atomic mass is 10.2. The fourth-order valence-electron chi connectivity index (χ4n) is 3.10. The summed E-state index contributed by atoms with van der Waals surface area (Å²) in [7, 11) is -3.56. The summed E-state index contributed by atoms with van der Waals surface area (Å²) in [4.78, 5) is 2.40. The first-order chi connectivity index (χ1) is 13.5. The molecule has 0 aliphatic carbocycles. The van der Waals surface area contributed by atoms with E-state index in [0.717, 1.165) is 24.5 Å². The molecule has 3 heterocycles. The minimum absolute atomic E-state index is 0.209. The van der Waals surface area contributed by atoms with Crippen LogP contribution in [0.3, 0.4) is 0 Å². The van der Waals surface area contributed by atoms with Crippen molar-refractivity contribution >= 4 is 21.5 Å². The molecule has 3 aromatic rings. The molecule has 0 spiro atoms. The van der Waals surface area contributed by atoms with Gasteiger partial charge in [0.05, 0.1) is 18.1 Å². The number of hydrogen-bond acceptors (Lipinski definition) is 7. The molecule has 0 amide bonds. The highest BCUT2D eigenvalue weighted by Crippen LogP contribution is 2.14. The van der Waals surface area contributed by atoms with Crippen molar-refractivity contribution in [1.82, 2.24) is 24.5 Å². The van der Waals surface area contributed by atoms with Crippen molar-refractivity contribution in [1.29, 1.82) is 0 Å². The molecule has 0 saturated carbocycles. The number of ether oxygens (including phenoxy) is 1. The van der Waals surface area contributed by atoms with Gasteiger partial charge in [0, 0.05) is 26.1 Å². The van der Waals surface area contributed by atoms with Gasteiger partial charge < -0.3 is 9.64 Å². The minimum atomic E-state index is -3.56. The van der Waals surface area contributed by atoms with Crippen LogP contribution in [0.5, 0.6) is 0 Å². The number of anilines is 1. The second-order valence-electron chi connectivity index (χ2n) is 6.64. The third-order valence-corrected chi connectivity index (χ3v) is 6.05. The van der Waals surface area contributed by atoms with Crippen LogP contribution in [0.15, 0.2) is 41.3 Å². The molecule has 0 unspecified atom stereocenters. The normalized spacial score (nSPS) is 15.2. The van der Waals surface area contributed by atoms with Gasteiger partial charge in [0.15, 0.2) is 11.5 Å². The number of sulfonamides is 1. The van der Waals surface area contributed by atoms with E-state index in [1.165, 1.54) is 0 Å². The second-order valence-corrected chi connectivity index (χ2v) is 8.41. The van der Waals surface area contributed by atoms with Crippen LogP contribution in [0, 0.1) is 6.92 Å². The summed E-state index contributed by atoms with van der Waals surface area (Å²) < 4.78 is 34.6. The van der Waals surface area contributed by atoms with Gasteiger partial charge in [-0.15, -0.1) is 15.3 Å². The predicted octanol–water partition coefficient (Wildman–Crippen LogP) is 0.790. The lowest BCUT2D eigenvalue weighted by Gasteiger charge is -2.27. The van der Waals surface area contributed by atoms with Gasteiger partial charge in [-0.1, -0.05) is 12.1 Å². The first-order valence-corrected chi connectivity index (χ1v) is 10.6.